The van der Waals surface area contributed by atoms with Gasteiger partial charge in [0.1, 0.15) is 11.9 Å². The molecule has 0 bridgehead atoms. The fraction of sp³-hybridized carbons (Fsp3) is 0.353. The Morgan fingerprint density at radius 3 is 2.56 bits per heavy atom. The Balaban J connectivity index is 1.59. The van der Waals surface area contributed by atoms with Crippen LogP contribution in [0.15, 0.2) is 39.8 Å². The predicted molar refractivity (Wildman–Crippen MR) is 90.9 cm³/mol. The van der Waals surface area contributed by atoms with Gasteiger partial charge in [-0.05, 0) is 31.3 Å². The maximum absolute atomic E-state index is 13.7. The van der Waals surface area contributed by atoms with E-state index in [2.05, 4.69) is 4.72 Å². The molecular weight excluding hydrogens is 382 g/mol. The number of nitrogens with one attached hydrogen (secondary N) is 1. The molecule has 1 aliphatic rings. The van der Waals surface area contributed by atoms with E-state index in [4.69, 9.17) is 9.15 Å². The summed E-state index contributed by atoms with van der Waals surface area (Å²) in [5.74, 6) is -2.00. The fourth-order valence-corrected chi connectivity index (χ4v) is 3.41. The van der Waals surface area contributed by atoms with Crippen LogP contribution in [-0.2, 0) is 10.0 Å². The van der Waals surface area contributed by atoms with Gasteiger partial charge in [-0.1, -0.05) is 0 Å². The predicted octanol–water partition coefficient (Wildman–Crippen LogP) is 2.15. The zero-order chi connectivity index (χ0) is 19.6. The highest BCUT2D eigenvalue weighted by Gasteiger charge is 2.28. The van der Waals surface area contributed by atoms with Gasteiger partial charge in [-0.3, -0.25) is 4.79 Å². The zero-order valence-electron chi connectivity index (χ0n) is 14.4. The smallest absolute Gasteiger partial charge is 0.289 e. The van der Waals surface area contributed by atoms with Crippen LogP contribution in [0, 0.1) is 11.6 Å². The molecule has 1 N–H and O–H groups in total. The molecule has 0 aliphatic carbocycles. The summed E-state index contributed by atoms with van der Waals surface area (Å²) in [6.45, 7) is 0.669. The zero-order valence-corrected chi connectivity index (χ0v) is 15.3. The van der Waals surface area contributed by atoms with Crippen LogP contribution in [0.1, 0.15) is 23.4 Å². The Kier molecular flexibility index (Phi) is 5.47. The molecule has 1 aromatic heterocycles. The van der Waals surface area contributed by atoms with Gasteiger partial charge in [0, 0.05) is 32.0 Å². The molecule has 1 aliphatic heterocycles. The van der Waals surface area contributed by atoms with E-state index in [9.17, 15) is 22.0 Å². The highest BCUT2D eigenvalue weighted by molar-refractivity contribution is 7.89. The number of rotatable bonds is 5. The normalized spacial score (nSPS) is 15.7. The molecule has 0 atom stereocenters. The molecule has 0 unspecified atom stereocenters. The van der Waals surface area contributed by atoms with Crippen LogP contribution in [0.2, 0.25) is 0 Å². The van der Waals surface area contributed by atoms with Crippen LogP contribution < -0.4 is 9.46 Å². The molecule has 146 valence electrons. The van der Waals surface area contributed by atoms with Crippen molar-refractivity contribution in [2.24, 2.45) is 0 Å². The Bertz CT molecular complexity index is 937. The Morgan fingerprint density at radius 1 is 1.22 bits per heavy atom. The van der Waals surface area contributed by atoms with Crippen molar-refractivity contribution < 1.29 is 31.1 Å². The molecule has 1 saturated heterocycles. The average Bonchev–Trinajstić information content (AvgIpc) is 3.15. The van der Waals surface area contributed by atoms with Gasteiger partial charge in [0.05, 0.1) is 0 Å². The van der Waals surface area contributed by atoms with Crippen molar-refractivity contribution in [3.05, 3.63) is 47.7 Å². The first-order valence-corrected chi connectivity index (χ1v) is 9.73. The van der Waals surface area contributed by atoms with E-state index < -0.39 is 27.6 Å². The summed E-state index contributed by atoms with van der Waals surface area (Å²) in [6.07, 6.45) is 0.585. The first-order chi connectivity index (χ1) is 12.8. The van der Waals surface area contributed by atoms with Gasteiger partial charge in [-0.15, -0.1) is 0 Å². The first-order valence-electron chi connectivity index (χ1n) is 8.24. The van der Waals surface area contributed by atoms with Gasteiger partial charge in [0.2, 0.25) is 5.09 Å². The summed E-state index contributed by atoms with van der Waals surface area (Å²) in [7, 11) is -2.52. The minimum absolute atomic E-state index is 0.0332. The summed E-state index contributed by atoms with van der Waals surface area (Å²) in [4.78, 5) is 14.0. The van der Waals surface area contributed by atoms with E-state index in [1.807, 2.05) is 0 Å². The lowest BCUT2D eigenvalue weighted by atomic mass is 10.1. The van der Waals surface area contributed by atoms with E-state index in [-0.39, 0.29) is 22.7 Å². The lowest BCUT2D eigenvalue weighted by Crippen LogP contribution is -2.41. The third kappa shape index (κ3) is 4.28. The van der Waals surface area contributed by atoms with Crippen molar-refractivity contribution in [3.8, 4) is 5.75 Å². The van der Waals surface area contributed by atoms with Crippen molar-refractivity contribution in [2.45, 2.75) is 24.0 Å². The molecule has 1 aromatic carbocycles. The number of furan rings is 1. The monoisotopic (exact) mass is 400 g/mol. The number of nitrogens with zero attached hydrogens (tertiary/aromatic N) is 1. The van der Waals surface area contributed by atoms with Gasteiger partial charge in [-0.2, -0.15) is 0 Å². The number of ether oxygens (including phenoxy) is 1. The molecule has 3 rings (SSSR count). The molecule has 2 heterocycles. The topological polar surface area (TPSA) is 88.9 Å². The minimum atomic E-state index is -3.76. The van der Waals surface area contributed by atoms with Gasteiger partial charge in [-0.25, -0.2) is 21.9 Å². The maximum Gasteiger partial charge on any atom is 0.289 e. The summed E-state index contributed by atoms with van der Waals surface area (Å²) in [5.41, 5.74) is 0. The molecule has 0 radical (unpaired) electrons. The fourth-order valence-electron chi connectivity index (χ4n) is 2.76. The quantitative estimate of drug-likeness (QED) is 0.831. The highest BCUT2D eigenvalue weighted by atomic mass is 32.2. The van der Waals surface area contributed by atoms with Crippen molar-refractivity contribution in [1.29, 1.82) is 0 Å². The number of hydrogen-bond donors (Lipinski definition) is 1. The van der Waals surface area contributed by atoms with Gasteiger partial charge < -0.3 is 14.1 Å². The van der Waals surface area contributed by atoms with Gasteiger partial charge in [0.25, 0.3) is 15.9 Å². The molecule has 0 spiro atoms. The molecule has 27 heavy (non-hydrogen) atoms. The van der Waals surface area contributed by atoms with Crippen LogP contribution in [-0.4, -0.2) is 45.5 Å². The number of carbonyl (C=O) groups is 1. The summed E-state index contributed by atoms with van der Waals surface area (Å²) < 4.78 is 62.8. The molecule has 1 amide bonds. The van der Waals surface area contributed by atoms with Crippen molar-refractivity contribution in [2.75, 3.05) is 20.1 Å². The Labute approximate surface area is 155 Å². The number of piperidine rings is 1. The molecular formula is C17H18F2N2O5S. The lowest BCUT2D eigenvalue weighted by Gasteiger charge is -2.31. The van der Waals surface area contributed by atoms with Crippen LogP contribution in [0.4, 0.5) is 8.78 Å². The van der Waals surface area contributed by atoms with Crippen molar-refractivity contribution in [1.82, 2.24) is 9.62 Å². The third-order valence-corrected chi connectivity index (χ3v) is 5.53. The van der Waals surface area contributed by atoms with Gasteiger partial charge >= 0.3 is 0 Å². The largest absolute Gasteiger partial charge is 0.487 e. The molecule has 7 nitrogen and oxygen atoms in total. The standard InChI is InChI=1S/C17H18F2N2O5S/c1-20-27(23,24)16-5-4-15(26-16)17(22)21-8-6-12(7-9-21)25-14-3-2-11(18)10-13(14)19/h2-5,10,12,20H,6-9H2,1H3. The Morgan fingerprint density at radius 2 is 1.93 bits per heavy atom. The second-order valence-electron chi connectivity index (χ2n) is 6.01. The van der Waals surface area contributed by atoms with E-state index in [1.165, 1.54) is 30.1 Å². The number of likely N-dealkylation sites (tertiary alicyclic amines) is 1. The molecule has 10 heteroatoms. The number of hydrogen-bond acceptors (Lipinski definition) is 5. The van der Waals surface area contributed by atoms with E-state index in [0.717, 1.165) is 12.1 Å². The second-order valence-corrected chi connectivity index (χ2v) is 7.83. The van der Waals surface area contributed by atoms with Crippen LogP contribution >= 0.6 is 0 Å². The summed E-state index contributed by atoms with van der Waals surface area (Å²) in [5, 5.41) is -0.335. The van der Waals surface area contributed by atoms with Crippen molar-refractivity contribution in [3.63, 3.8) is 0 Å². The van der Waals surface area contributed by atoms with Crippen molar-refractivity contribution >= 4 is 15.9 Å². The van der Waals surface area contributed by atoms with E-state index in [1.54, 1.807) is 0 Å². The van der Waals surface area contributed by atoms with E-state index >= 15 is 0 Å². The minimum Gasteiger partial charge on any atom is -0.487 e. The number of carbonyl (C=O) groups excluding carboxylic acids is 1. The van der Waals surface area contributed by atoms with Gasteiger partial charge in [0.15, 0.2) is 17.3 Å². The first kappa shape index (κ1) is 19.3. The SMILES string of the molecule is CNS(=O)(=O)c1ccc(C(=O)N2CCC(Oc3ccc(F)cc3F)CC2)o1. The van der Waals surface area contributed by atoms with Crippen LogP contribution in [0.25, 0.3) is 0 Å². The molecule has 0 saturated carbocycles. The summed E-state index contributed by atoms with van der Waals surface area (Å²) >= 11 is 0. The maximum atomic E-state index is 13.7. The molecule has 2 aromatic rings. The highest BCUT2D eigenvalue weighted by Crippen LogP contribution is 2.24. The lowest BCUT2D eigenvalue weighted by molar-refractivity contribution is 0.0555. The number of amides is 1. The Hall–Kier alpha value is -2.46. The average molecular weight is 400 g/mol. The van der Waals surface area contributed by atoms with E-state index in [0.29, 0.717) is 25.9 Å². The summed E-state index contributed by atoms with van der Waals surface area (Å²) in [6, 6.07) is 5.62. The second kappa shape index (κ2) is 7.65. The third-order valence-electron chi connectivity index (χ3n) is 4.24. The molecule has 1 fully saturated rings. The van der Waals surface area contributed by atoms with Crippen LogP contribution in [0.5, 0.6) is 5.75 Å². The number of benzene rings is 1. The number of halogens is 2. The number of sulfonamides is 1. The van der Waals surface area contributed by atoms with Crippen LogP contribution in [0.3, 0.4) is 0 Å².